The van der Waals surface area contributed by atoms with Crippen LogP contribution in [-0.2, 0) is 6.61 Å². The van der Waals surface area contributed by atoms with Gasteiger partial charge in [0.05, 0.1) is 22.5 Å². The summed E-state index contributed by atoms with van der Waals surface area (Å²) in [5.74, 6) is 0.0614. The minimum absolute atomic E-state index is 0.0561. The van der Waals surface area contributed by atoms with Gasteiger partial charge in [0.15, 0.2) is 0 Å². The number of nitrogens with one attached hydrogen (secondary N) is 1. The fraction of sp³-hybridized carbons (Fsp3) is 0.0435. The average Bonchev–Trinajstić information content (AvgIpc) is 3.15. The van der Waals surface area contributed by atoms with E-state index >= 15 is 0 Å². The van der Waals surface area contributed by atoms with Crippen LogP contribution in [0.5, 0.6) is 5.75 Å². The van der Waals surface area contributed by atoms with Gasteiger partial charge in [-0.3, -0.25) is 9.78 Å². The molecule has 0 aliphatic heterocycles. The van der Waals surface area contributed by atoms with Gasteiger partial charge in [-0.05, 0) is 42.5 Å². The topological polar surface area (TPSA) is 81.4 Å². The summed E-state index contributed by atoms with van der Waals surface area (Å²) in [6, 6.07) is 17.5. The number of carbonyl (C=O) groups excluding carboxylic acids is 1. The molecule has 33 heavy (non-hydrogen) atoms. The number of halogens is 3. The number of ether oxygens (including phenoxy) is 1. The maximum atomic E-state index is 12.3. The van der Waals surface area contributed by atoms with Gasteiger partial charge < -0.3 is 4.74 Å². The first-order valence-electron chi connectivity index (χ1n) is 9.67. The summed E-state index contributed by atoms with van der Waals surface area (Å²) in [6.07, 6.45) is 4.48. The van der Waals surface area contributed by atoms with Gasteiger partial charge >= 0.3 is 0 Å². The van der Waals surface area contributed by atoms with E-state index in [2.05, 4.69) is 20.6 Å². The summed E-state index contributed by atoms with van der Waals surface area (Å²) >= 11 is 18.8. The Morgan fingerprint density at radius 3 is 2.55 bits per heavy atom. The molecule has 4 aromatic rings. The fourth-order valence-electron chi connectivity index (χ4n) is 2.89. The quantitative estimate of drug-likeness (QED) is 0.266. The number of rotatable bonds is 7. The number of carbonyl (C=O) groups is 1. The zero-order valence-electron chi connectivity index (χ0n) is 17.0. The third-order valence-corrected chi connectivity index (χ3v) is 5.40. The molecule has 0 radical (unpaired) electrons. The van der Waals surface area contributed by atoms with Crippen LogP contribution < -0.4 is 10.2 Å². The van der Waals surface area contributed by atoms with E-state index in [-0.39, 0.29) is 12.5 Å². The molecule has 2 aromatic carbocycles. The molecule has 1 amide bonds. The second-order valence-electron chi connectivity index (χ2n) is 6.70. The molecule has 4 rings (SSSR count). The van der Waals surface area contributed by atoms with Crippen molar-refractivity contribution in [2.45, 2.75) is 6.61 Å². The van der Waals surface area contributed by atoms with Crippen LogP contribution in [0, 0.1) is 0 Å². The summed E-state index contributed by atoms with van der Waals surface area (Å²) in [4.78, 5) is 16.1. The molecule has 0 saturated heterocycles. The molecular formula is C23H16Cl3N5O2. The first kappa shape index (κ1) is 22.8. The highest BCUT2D eigenvalue weighted by Gasteiger charge is 2.17. The molecule has 0 aliphatic rings. The molecule has 2 heterocycles. The first-order valence-corrected chi connectivity index (χ1v) is 10.8. The monoisotopic (exact) mass is 499 g/mol. The maximum absolute atomic E-state index is 12.3. The lowest BCUT2D eigenvalue weighted by Crippen LogP contribution is -2.17. The summed E-state index contributed by atoms with van der Waals surface area (Å²) in [5.41, 5.74) is 4.64. The lowest BCUT2D eigenvalue weighted by Gasteiger charge is -2.07. The minimum Gasteiger partial charge on any atom is -0.486 e. The molecule has 0 spiro atoms. The molecule has 7 nitrogen and oxygen atoms in total. The molecule has 2 aromatic heterocycles. The van der Waals surface area contributed by atoms with E-state index in [1.807, 2.05) is 30.3 Å². The fourth-order valence-corrected chi connectivity index (χ4v) is 3.64. The standard InChI is InChI=1S/C23H16Cl3N5O2/c24-16-6-7-21(19(25)12-16)33-14-20-18(13-28-29-23(32)15-8-10-27-11-9-15)22(26)31(30-20)17-4-2-1-3-5-17/h1-13H,14H2,(H,29,32). The van der Waals surface area contributed by atoms with Gasteiger partial charge in [-0.25, -0.2) is 10.1 Å². The van der Waals surface area contributed by atoms with Crippen LogP contribution in [-0.4, -0.2) is 26.9 Å². The third kappa shape index (κ3) is 5.51. The molecule has 0 atom stereocenters. The second-order valence-corrected chi connectivity index (χ2v) is 7.90. The number of benzene rings is 2. The van der Waals surface area contributed by atoms with E-state index in [1.54, 1.807) is 35.0 Å². The van der Waals surface area contributed by atoms with Gasteiger partial charge in [-0.2, -0.15) is 10.2 Å². The predicted molar refractivity (Wildman–Crippen MR) is 129 cm³/mol. The third-order valence-electron chi connectivity index (χ3n) is 4.50. The van der Waals surface area contributed by atoms with Gasteiger partial charge in [0.25, 0.3) is 5.91 Å². The van der Waals surface area contributed by atoms with Gasteiger partial charge in [0.1, 0.15) is 23.2 Å². The van der Waals surface area contributed by atoms with Crippen molar-refractivity contribution < 1.29 is 9.53 Å². The van der Waals surface area contributed by atoms with Gasteiger partial charge in [0.2, 0.25) is 0 Å². The highest BCUT2D eigenvalue weighted by molar-refractivity contribution is 6.35. The Kier molecular flexibility index (Phi) is 7.24. The first-order chi connectivity index (χ1) is 16.0. The number of amides is 1. The molecule has 0 fully saturated rings. The average molecular weight is 501 g/mol. The smallest absolute Gasteiger partial charge is 0.271 e. The zero-order chi connectivity index (χ0) is 23.2. The van der Waals surface area contributed by atoms with Crippen molar-refractivity contribution in [1.29, 1.82) is 0 Å². The predicted octanol–water partition coefficient (Wildman–Crippen LogP) is 5.57. The Hall–Kier alpha value is -3.39. The molecule has 0 bridgehead atoms. The number of aromatic nitrogens is 3. The highest BCUT2D eigenvalue weighted by atomic mass is 35.5. The van der Waals surface area contributed by atoms with E-state index in [4.69, 9.17) is 39.5 Å². The lowest BCUT2D eigenvalue weighted by atomic mass is 10.2. The number of pyridine rings is 1. The Morgan fingerprint density at radius 1 is 1.06 bits per heavy atom. The number of hydrogen-bond donors (Lipinski definition) is 1. The van der Waals surface area contributed by atoms with Crippen molar-refractivity contribution in [2.75, 3.05) is 0 Å². The number of hydrogen-bond acceptors (Lipinski definition) is 5. The number of hydrazone groups is 1. The molecule has 0 unspecified atom stereocenters. The zero-order valence-corrected chi connectivity index (χ0v) is 19.2. The van der Waals surface area contributed by atoms with Crippen LogP contribution in [0.15, 0.2) is 78.2 Å². The van der Waals surface area contributed by atoms with Crippen LogP contribution in [0.4, 0.5) is 0 Å². The Bertz CT molecular complexity index is 1290. The normalized spacial score (nSPS) is 11.0. The van der Waals surface area contributed by atoms with Gasteiger partial charge in [0, 0.05) is 23.0 Å². The van der Waals surface area contributed by atoms with Gasteiger partial charge in [-0.1, -0.05) is 53.0 Å². The van der Waals surface area contributed by atoms with Crippen LogP contribution in [0.25, 0.3) is 5.69 Å². The molecule has 1 N–H and O–H groups in total. The molecule has 0 saturated carbocycles. The summed E-state index contributed by atoms with van der Waals surface area (Å²) in [6.45, 7) is 0.0561. The van der Waals surface area contributed by atoms with Gasteiger partial charge in [-0.15, -0.1) is 0 Å². The van der Waals surface area contributed by atoms with Crippen molar-refractivity contribution in [1.82, 2.24) is 20.2 Å². The largest absolute Gasteiger partial charge is 0.486 e. The molecule has 0 aliphatic carbocycles. The minimum atomic E-state index is -0.383. The second kappa shape index (κ2) is 10.5. The lowest BCUT2D eigenvalue weighted by molar-refractivity contribution is 0.0955. The summed E-state index contributed by atoms with van der Waals surface area (Å²) in [7, 11) is 0. The van der Waals surface area contributed by atoms with Crippen molar-refractivity contribution >= 4 is 46.9 Å². The van der Waals surface area contributed by atoms with E-state index < -0.39 is 0 Å². The van der Waals surface area contributed by atoms with E-state index in [0.717, 1.165) is 5.69 Å². The van der Waals surface area contributed by atoms with Crippen molar-refractivity contribution in [3.05, 3.63) is 105 Å². The maximum Gasteiger partial charge on any atom is 0.271 e. The molecular weight excluding hydrogens is 485 g/mol. The van der Waals surface area contributed by atoms with Crippen LogP contribution in [0.3, 0.4) is 0 Å². The van der Waals surface area contributed by atoms with E-state index in [0.29, 0.717) is 37.8 Å². The van der Waals surface area contributed by atoms with Crippen molar-refractivity contribution in [2.24, 2.45) is 5.10 Å². The summed E-state index contributed by atoms with van der Waals surface area (Å²) < 4.78 is 7.40. The Morgan fingerprint density at radius 2 is 1.82 bits per heavy atom. The van der Waals surface area contributed by atoms with Crippen LogP contribution in [0.2, 0.25) is 15.2 Å². The Labute approximate surface area is 204 Å². The SMILES string of the molecule is O=C(NN=Cc1c(COc2ccc(Cl)cc2Cl)nn(-c2ccccc2)c1Cl)c1ccncc1. The van der Waals surface area contributed by atoms with Crippen LogP contribution >= 0.6 is 34.8 Å². The Balaban J connectivity index is 1.60. The van der Waals surface area contributed by atoms with Crippen LogP contribution in [0.1, 0.15) is 21.6 Å². The van der Waals surface area contributed by atoms with E-state index in [9.17, 15) is 4.79 Å². The molecule has 10 heteroatoms. The van der Waals surface area contributed by atoms with Crippen molar-refractivity contribution in [3.8, 4) is 11.4 Å². The van der Waals surface area contributed by atoms with E-state index in [1.165, 1.54) is 18.6 Å². The molecule has 166 valence electrons. The highest BCUT2D eigenvalue weighted by Crippen LogP contribution is 2.29. The number of para-hydroxylation sites is 1. The van der Waals surface area contributed by atoms with Crippen molar-refractivity contribution in [3.63, 3.8) is 0 Å². The summed E-state index contributed by atoms with van der Waals surface area (Å²) in [5, 5.41) is 9.81. The number of nitrogens with zero attached hydrogens (tertiary/aromatic N) is 4.